The van der Waals surface area contributed by atoms with Crippen molar-refractivity contribution in [2.75, 3.05) is 6.61 Å². The highest BCUT2D eigenvalue weighted by atomic mass is 19.3. The highest BCUT2D eigenvalue weighted by Crippen LogP contribution is 2.31. The first-order valence-electron chi connectivity index (χ1n) is 5.45. The zero-order valence-electron chi connectivity index (χ0n) is 10.4. The van der Waals surface area contributed by atoms with Crippen LogP contribution in [0.15, 0.2) is 6.20 Å². The Balaban J connectivity index is 3.22. The van der Waals surface area contributed by atoms with Crippen LogP contribution in [-0.2, 0) is 16.0 Å². The van der Waals surface area contributed by atoms with Crippen molar-refractivity contribution in [2.45, 2.75) is 26.7 Å². The van der Waals surface area contributed by atoms with Gasteiger partial charge < -0.3 is 4.74 Å². The van der Waals surface area contributed by atoms with Crippen molar-refractivity contribution < 1.29 is 23.2 Å². The Morgan fingerprint density at radius 3 is 2.68 bits per heavy atom. The molecule has 0 unspecified atom stereocenters. The summed E-state index contributed by atoms with van der Waals surface area (Å²) in [6.07, 6.45) is -2.51. The van der Waals surface area contributed by atoms with E-state index in [4.69, 9.17) is 0 Å². The maximum Gasteiger partial charge on any atom is 0.311 e. The molecule has 19 heavy (non-hydrogen) atoms. The van der Waals surface area contributed by atoms with Crippen LogP contribution in [0.25, 0.3) is 0 Å². The Labute approximate surface area is 107 Å². The quantitative estimate of drug-likeness (QED) is 0.467. The molecule has 8 heteroatoms. The number of aromatic nitrogens is 1. The summed E-state index contributed by atoms with van der Waals surface area (Å²) in [5, 5.41) is 10.7. The van der Waals surface area contributed by atoms with Crippen LogP contribution < -0.4 is 0 Å². The molecular weight excluding hydrogens is 262 g/mol. The first kappa shape index (κ1) is 14.9. The zero-order valence-corrected chi connectivity index (χ0v) is 10.4. The number of esters is 1. The van der Waals surface area contributed by atoms with Crippen LogP contribution >= 0.6 is 0 Å². The summed E-state index contributed by atoms with van der Waals surface area (Å²) in [4.78, 5) is 24.7. The van der Waals surface area contributed by atoms with Gasteiger partial charge >= 0.3 is 5.97 Å². The Bertz CT molecular complexity index is 506. The molecule has 1 rings (SSSR count). The molecule has 0 fully saturated rings. The van der Waals surface area contributed by atoms with Crippen molar-refractivity contribution in [1.29, 1.82) is 0 Å². The first-order chi connectivity index (χ1) is 8.88. The average Bonchev–Trinajstić information content (AvgIpc) is 2.28. The van der Waals surface area contributed by atoms with Crippen LogP contribution in [-0.4, -0.2) is 22.5 Å². The van der Waals surface area contributed by atoms with Gasteiger partial charge in [0.05, 0.1) is 23.6 Å². The fraction of sp³-hybridized carbons (Fsp3) is 0.455. The number of nitro groups is 1. The van der Waals surface area contributed by atoms with Gasteiger partial charge in [-0.2, -0.15) is 0 Å². The second kappa shape index (κ2) is 6.17. The van der Waals surface area contributed by atoms with Crippen LogP contribution in [0.1, 0.15) is 30.2 Å². The molecule has 1 aromatic heterocycles. The minimum absolute atomic E-state index is 0.120. The average molecular weight is 274 g/mol. The lowest BCUT2D eigenvalue weighted by Crippen LogP contribution is -2.13. The van der Waals surface area contributed by atoms with E-state index in [0.29, 0.717) is 0 Å². The standard InChI is InChI=1S/C11H12F2N2O4/c1-3-19-9(16)4-7-10(11(12)13)6(2)8(5-14-7)15(17)18/h5,11H,3-4H2,1-2H3. The van der Waals surface area contributed by atoms with Crippen LogP contribution in [0.5, 0.6) is 0 Å². The van der Waals surface area contributed by atoms with E-state index in [1.54, 1.807) is 6.92 Å². The Morgan fingerprint density at radius 1 is 1.58 bits per heavy atom. The molecule has 0 aromatic carbocycles. The van der Waals surface area contributed by atoms with Crippen LogP contribution in [0, 0.1) is 17.0 Å². The van der Waals surface area contributed by atoms with Gasteiger partial charge in [0.15, 0.2) is 0 Å². The number of carbonyl (C=O) groups is 1. The molecule has 0 aliphatic heterocycles. The van der Waals surface area contributed by atoms with Crippen molar-refractivity contribution >= 4 is 11.7 Å². The van der Waals surface area contributed by atoms with Gasteiger partial charge in [0.2, 0.25) is 0 Å². The van der Waals surface area contributed by atoms with Crippen molar-refractivity contribution in [1.82, 2.24) is 4.98 Å². The SMILES string of the molecule is CCOC(=O)Cc1ncc([N+](=O)[O-])c(C)c1C(F)F. The van der Waals surface area contributed by atoms with E-state index in [2.05, 4.69) is 9.72 Å². The van der Waals surface area contributed by atoms with E-state index in [0.717, 1.165) is 6.20 Å². The van der Waals surface area contributed by atoms with E-state index in [1.807, 2.05) is 0 Å². The van der Waals surface area contributed by atoms with Gasteiger partial charge in [-0.15, -0.1) is 0 Å². The molecular formula is C11H12F2N2O4. The van der Waals surface area contributed by atoms with Crippen LogP contribution in [0.2, 0.25) is 0 Å². The van der Waals surface area contributed by atoms with Crippen molar-refractivity contribution in [2.24, 2.45) is 0 Å². The lowest BCUT2D eigenvalue weighted by atomic mass is 10.0. The molecule has 1 aromatic rings. The molecule has 0 bridgehead atoms. The maximum atomic E-state index is 13.0. The van der Waals surface area contributed by atoms with Gasteiger partial charge in [-0.25, -0.2) is 8.78 Å². The minimum atomic E-state index is -2.95. The number of ether oxygens (including phenoxy) is 1. The summed E-state index contributed by atoms with van der Waals surface area (Å²) in [6.45, 7) is 2.91. The molecule has 0 saturated carbocycles. The normalized spacial score (nSPS) is 10.6. The van der Waals surface area contributed by atoms with Gasteiger partial charge in [-0.3, -0.25) is 19.9 Å². The van der Waals surface area contributed by atoms with Gasteiger partial charge in [0, 0.05) is 11.1 Å². The third kappa shape index (κ3) is 3.43. The predicted octanol–water partition coefficient (Wildman–Crippen LogP) is 2.34. The highest BCUT2D eigenvalue weighted by molar-refractivity contribution is 5.72. The number of pyridine rings is 1. The molecule has 1 heterocycles. The Hall–Kier alpha value is -2.12. The van der Waals surface area contributed by atoms with Crippen molar-refractivity contribution in [3.05, 3.63) is 33.1 Å². The number of hydrogen-bond donors (Lipinski definition) is 0. The molecule has 0 saturated heterocycles. The van der Waals surface area contributed by atoms with E-state index in [-0.39, 0.29) is 17.9 Å². The van der Waals surface area contributed by atoms with Gasteiger partial charge in [0.1, 0.15) is 6.20 Å². The molecule has 0 radical (unpaired) electrons. The van der Waals surface area contributed by atoms with Crippen molar-refractivity contribution in [3.63, 3.8) is 0 Å². The number of hydrogen-bond acceptors (Lipinski definition) is 5. The number of rotatable bonds is 5. The van der Waals surface area contributed by atoms with Crippen LogP contribution in [0.4, 0.5) is 14.5 Å². The molecule has 0 aliphatic rings. The van der Waals surface area contributed by atoms with Gasteiger partial charge in [-0.1, -0.05) is 0 Å². The first-order valence-corrected chi connectivity index (χ1v) is 5.45. The predicted molar refractivity (Wildman–Crippen MR) is 60.9 cm³/mol. The Morgan fingerprint density at radius 2 is 2.21 bits per heavy atom. The monoisotopic (exact) mass is 274 g/mol. The second-order valence-electron chi connectivity index (χ2n) is 3.67. The van der Waals surface area contributed by atoms with E-state index in [1.165, 1.54) is 6.92 Å². The zero-order chi connectivity index (χ0) is 14.6. The summed E-state index contributed by atoms with van der Waals surface area (Å²) in [5.74, 6) is -0.704. The molecule has 0 amide bonds. The van der Waals surface area contributed by atoms with E-state index >= 15 is 0 Å². The highest BCUT2D eigenvalue weighted by Gasteiger charge is 2.25. The largest absolute Gasteiger partial charge is 0.466 e. The number of alkyl halides is 2. The third-order valence-corrected chi connectivity index (χ3v) is 2.47. The summed E-state index contributed by atoms with van der Waals surface area (Å²) in [7, 11) is 0. The van der Waals surface area contributed by atoms with Gasteiger partial charge in [0.25, 0.3) is 12.1 Å². The number of nitrogens with zero attached hydrogens (tertiary/aromatic N) is 2. The maximum absolute atomic E-state index is 13.0. The summed E-state index contributed by atoms with van der Waals surface area (Å²) in [6, 6.07) is 0. The molecule has 104 valence electrons. The molecule has 0 spiro atoms. The topological polar surface area (TPSA) is 82.3 Å². The van der Waals surface area contributed by atoms with Gasteiger partial charge in [-0.05, 0) is 13.8 Å². The summed E-state index contributed by atoms with van der Waals surface area (Å²) in [5.41, 5.74) is -1.46. The smallest absolute Gasteiger partial charge is 0.311 e. The van der Waals surface area contributed by atoms with E-state index in [9.17, 15) is 23.7 Å². The number of halogens is 2. The number of carbonyl (C=O) groups excluding carboxylic acids is 1. The fourth-order valence-electron chi connectivity index (χ4n) is 1.62. The van der Waals surface area contributed by atoms with Crippen molar-refractivity contribution in [3.8, 4) is 0 Å². The lowest BCUT2D eigenvalue weighted by Gasteiger charge is -2.10. The summed E-state index contributed by atoms with van der Waals surface area (Å²) < 4.78 is 30.5. The lowest BCUT2D eigenvalue weighted by molar-refractivity contribution is -0.385. The molecule has 6 nitrogen and oxygen atoms in total. The molecule has 0 N–H and O–H groups in total. The summed E-state index contributed by atoms with van der Waals surface area (Å²) >= 11 is 0. The fourth-order valence-corrected chi connectivity index (χ4v) is 1.62. The van der Waals surface area contributed by atoms with E-state index < -0.39 is 35.0 Å². The Kier molecular flexibility index (Phi) is 4.85. The molecule has 0 atom stereocenters. The minimum Gasteiger partial charge on any atom is -0.466 e. The second-order valence-corrected chi connectivity index (χ2v) is 3.67. The van der Waals surface area contributed by atoms with Crippen LogP contribution in [0.3, 0.4) is 0 Å². The molecule has 0 aliphatic carbocycles. The third-order valence-electron chi connectivity index (χ3n) is 2.47.